The van der Waals surface area contributed by atoms with E-state index in [1.165, 1.54) is 0 Å². The topological polar surface area (TPSA) is 46.9 Å². The van der Waals surface area contributed by atoms with E-state index < -0.39 is 0 Å². The minimum Gasteiger partial charge on any atom is -0.344 e. The van der Waals surface area contributed by atoms with Crippen LogP contribution < -0.4 is 5.32 Å². The van der Waals surface area contributed by atoms with E-state index in [2.05, 4.69) is 10.3 Å². The van der Waals surface area contributed by atoms with Crippen LogP contribution in [-0.2, 0) is 7.05 Å². The predicted molar refractivity (Wildman–Crippen MR) is 53.4 cm³/mol. The normalized spacial score (nSPS) is 17.9. The van der Waals surface area contributed by atoms with Gasteiger partial charge in [-0.1, -0.05) is 0 Å². The number of amides is 1. The number of alkyl halides is 1. The zero-order chi connectivity index (χ0) is 10.2. The van der Waals surface area contributed by atoms with Gasteiger partial charge in [-0.3, -0.25) is 4.79 Å². The Kier molecular flexibility index (Phi) is 2.23. The van der Waals surface area contributed by atoms with Crippen LogP contribution in [-0.4, -0.2) is 26.9 Å². The lowest BCUT2D eigenvalue weighted by Gasteiger charge is -2.12. The number of imidazole rings is 1. The molecule has 1 aromatic rings. The molecule has 1 N–H and O–H groups in total. The predicted octanol–water partition coefficient (Wildman–Crippen LogP) is 0.921. The van der Waals surface area contributed by atoms with Crippen molar-refractivity contribution < 1.29 is 4.79 Å². The molecule has 2 rings (SSSR count). The molecule has 0 unspecified atom stereocenters. The fourth-order valence-corrected chi connectivity index (χ4v) is 1.61. The van der Waals surface area contributed by atoms with Crippen LogP contribution in [0.15, 0.2) is 12.5 Å². The van der Waals surface area contributed by atoms with Crippen molar-refractivity contribution in [3.05, 3.63) is 18.2 Å². The van der Waals surface area contributed by atoms with Gasteiger partial charge < -0.3 is 9.88 Å². The maximum Gasteiger partial charge on any atom is 0.271 e. The van der Waals surface area contributed by atoms with Gasteiger partial charge in [0, 0.05) is 19.1 Å². The lowest BCUT2D eigenvalue weighted by atomic mass is 10.3. The molecule has 5 heteroatoms. The van der Waals surface area contributed by atoms with E-state index in [4.69, 9.17) is 11.6 Å². The molecule has 1 heterocycles. The number of nitrogens with one attached hydrogen (secondary N) is 1. The summed E-state index contributed by atoms with van der Waals surface area (Å²) in [5.41, 5.74) is 0.291. The maximum absolute atomic E-state index is 11.6. The minimum atomic E-state index is -0.157. The third-order valence-electron chi connectivity index (χ3n) is 2.43. The molecule has 0 aliphatic heterocycles. The Bertz CT molecular complexity index is 357. The van der Waals surface area contributed by atoms with E-state index in [1.807, 2.05) is 7.05 Å². The van der Waals surface area contributed by atoms with Gasteiger partial charge in [0.15, 0.2) is 0 Å². The number of nitrogens with zero attached hydrogens (tertiary/aromatic N) is 2. The summed E-state index contributed by atoms with van der Waals surface area (Å²) >= 11 is 5.75. The molecular weight excluding hydrogens is 202 g/mol. The molecule has 76 valence electrons. The van der Waals surface area contributed by atoms with E-state index in [0.717, 1.165) is 12.8 Å². The number of hydrogen-bond acceptors (Lipinski definition) is 2. The van der Waals surface area contributed by atoms with Crippen molar-refractivity contribution in [2.45, 2.75) is 18.4 Å². The fourth-order valence-electron chi connectivity index (χ4n) is 1.28. The van der Waals surface area contributed by atoms with Crippen LogP contribution >= 0.6 is 11.6 Å². The van der Waals surface area contributed by atoms with Gasteiger partial charge in [0.2, 0.25) is 0 Å². The molecule has 0 bridgehead atoms. The summed E-state index contributed by atoms with van der Waals surface area (Å²) in [5, 5.41) is 2.90. The highest BCUT2D eigenvalue weighted by atomic mass is 35.5. The van der Waals surface area contributed by atoms with Crippen LogP contribution in [0, 0.1) is 0 Å². The molecule has 0 atom stereocenters. The van der Waals surface area contributed by atoms with Gasteiger partial charge in [0.1, 0.15) is 5.69 Å². The molecule has 0 saturated heterocycles. The second kappa shape index (κ2) is 3.28. The number of carbonyl (C=O) groups excluding carboxylic acids is 1. The van der Waals surface area contributed by atoms with E-state index in [9.17, 15) is 4.79 Å². The summed E-state index contributed by atoms with van der Waals surface area (Å²) in [6, 6.07) is 0. The third-order valence-corrected chi connectivity index (χ3v) is 2.94. The quantitative estimate of drug-likeness (QED) is 0.760. The van der Waals surface area contributed by atoms with Crippen LogP contribution in [0.4, 0.5) is 0 Å². The maximum atomic E-state index is 11.6. The number of aryl methyl sites for hydroxylation is 1. The van der Waals surface area contributed by atoms with Gasteiger partial charge in [0.05, 0.1) is 11.9 Å². The van der Waals surface area contributed by atoms with Crippen LogP contribution in [0.1, 0.15) is 23.3 Å². The number of hydrogen-bond donors (Lipinski definition) is 1. The minimum absolute atomic E-state index is 0.135. The first kappa shape index (κ1) is 9.52. The van der Waals surface area contributed by atoms with Gasteiger partial charge in [-0.05, 0) is 12.8 Å². The van der Waals surface area contributed by atoms with Crippen molar-refractivity contribution in [3.8, 4) is 0 Å². The Morgan fingerprint density at radius 1 is 1.79 bits per heavy atom. The summed E-state index contributed by atoms with van der Waals surface area (Å²) in [4.78, 5) is 15.6. The van der Waals surface area contributed by atoms with Crippen LogP contribution in [0.5, 0.6) is 0 Å². The van der Waals surface area contributed by atoms with Gasteiger partial charge >= 0.3 is 0 Å². The van der Waals surface area contributed by atoms with E-state index >= 15 is 0 Å². The van der Waals surface area contributed by atoms with Crippen LogP contribution in [0.2, 0.25) is 0 Å². The monoisotopic (exact) mass is 213 g/mol. The Morgan fingerprint density at radius 3 is 2.93 bits per heavy atom. The first-order valence-electron chi connectivity index (χ1n) is 4.52. The average Bonchev–Trinajstić information content (AvgIpc) is 2.80. The molecule has 1 aliphatic carbocycles. The highest BCUT2D eigenvalue weighted by Gasteiger charge is 2.43. The molecule has 0 radical (unpaired) electrons. The van der Waals surface area contributed by atoms with E-state index in [1.54, 1.807) is 17.1 Å². The summed E-state index contributed by atoms with van der Waals surface area (Å²) in [6.45, 7) is 0. The molecule has 1 aromatic heterocycles. The van der Waals surface area contributed by atoms with Crippen molar-refractivity contribution in [2.75, 3.05) is 5.88 Å². The smallest absolute Gasteiger partial charge is 0.271 e. The number of aromatic nitrogens is 2. The molecule has 4 nitrogen and oxygen atoms in total. The third kappa shape index (κ3) is 1.75. The van der Waals surface area contributed by atoms with Gasteiger partial charge in [0.25, 0.3) is 5.91 Å². The van der Waals surface area contributed by atoms with Gasteiger partial charge in [-0.15, -0.1) is 11.6 Å². The van der Waals surface area contributed by atoms with Crippen LogP contribution in [0.25, 0.3) is 0 Å². The molecule has 0 aromatic carbocycles. The van der Waals surface area contributed by atoms with Gasteiger partial charge in [-0.2, -0.15) is 0 Å². The van der Waals surface area contributed by atoms with Gasteiger partial charge in [-0.25, -0.2) is 4.98 Å². The number of halogens is 1. The van der Waals surface area contributed by atoms with Crippen molar-refractivity contribution in [1.29, 1.82) is 0 Å². The molecule has 1 fully saturated rings. The number of carbonyl (C=O) groups is 1. The average molecular weight is 214 g/mol. The Morgan fingerprint density at radius 2 is 2.50 bits per heavy atom. The molecule has 1 amide bonds. The first-order chi connectivity index (χ1) is 6.65. The number of rotatable bonds is 3. The zero-order valence-corrected chi connectivity index (χ0v) is 8.71. The second-order valence-electron chi connectivity index (χ2n) is 3.79. The lowest BCUT2D eigenvalue weighted by Crippen LogP contribution is -2.38. The standard InChI is InChI=1S/C9H12ClN3O/c1-13-4-7(11-6-13)8(14)12-9(5-10)2-3-9/h4,6H,2-3,5H2,1H3,(H,12,14). The van der Waals surface area contributed by atoms with Crippen molar-refractivity contribution in [2.24, 2.45) is 7.05 Å². The largest absolute Gasteiger partial charge is 0.344 e. The fraction of sp³-hybridized carbons (Fsp3) is 0.556. The summed E-state index contributed by atoms with van der Waals surface area (Å²) in [5.74, 6) is 0.342. The summed E-state index contributed by atoms with van der Waals surface area (Å²) in [6.07, 6.45) is 5.24. The lowest BCUT2D eigenvalue weighted by molar-refractivity contribution is 0.0931. The molecule has 1 aliphatic rings. The van der Waals surface area contributed by atoms with Crippen molar-refractivity contribution >= 4 is 17.5 Å². The zero-order valence-electron chi connectivity index (χ0n) is 7.96. The molecule has 14 heavy (non-hydrogen) atoms. The first-order valence-corrected chi connectivity index (χ1v) is 5.05. The Hall–Kier alpha value is -1.03. The molecule has 1 saturated carbocycles. The molecule has 0 spiro atoms. The second-order valence-corrected chi connectivity index (χ2v) is 4.06. The Labute approximate surface area is 87.3 Å². The Balaban J connectivity index is 2.03. The van der Waals surface area contributed by atoms with Crippen LogP contribution in [0.3, 0.4) is 0 Å². The highest BCUT2D eigenvalue weighted by molar-refractivity contribution is 6.19. The summed E-state index contributed by atoms with van der Waals surface area (Å²) in [7, 11) is 1.83. The highest BCUT2D eigenvalue weighted by Crippen LogP contribution is 2.36. The summed E-state index contributed by atoms with van der Waals surface area (Å²) < 4.78 is 1.75. The van der Waals surface area contributed by atoms with Crippen molar-refractivity contribution in [3.63, 3.8) is 0 Å². The molecular formula is C9H12ClN3O. The van der Waals surface area contributed by atoms with E-state index in [-0.39, 0.29) is 11.4 Å². The van der Waals surface area contributed by atoms with E-state index in [0.29, 0.717) is 11.6 Å². The SMILES string of the molecule is Cn1cnc(C(=O)NC2(CCl)CC2)c1. The van der Waals surface area contributed by atoms with Crippen molar-refractivity contribution in [1.82, 2.24) is 14.9 Å².